The highest BCUT2D eigenvalue weighted by Gasteiger charge is 2.26. The highest BCUT2D eigenvalue weighted by atomic mass is 127. The molecule has 4 heterocycles. The van der Waals surface area contributed by atoms with Crippen LogP contribution in [0, 0.1) is 9.62 Å². The van der Waals surface area contributed by atoms with E-state index in [0.29, 0.717) is 6.04 Å². The third-order valence-electron chi connectivity index (χ3n) is 5.21. The Kier molecular flexibility index (Phi) is 4.64. The summed E-state index contributed by atoms with van der Waals surface area (Å²) in [5.41, 5.74) is 1.74. The number of rotatable bonds is 2. The second kappa shape index (κ2) is 6.74. The smallest absolute Gasteiger partial charge is 0.182 e. The minimum absolute atomic E-state index is 0.00637. The van der Waals surface area contributed by atoms with Crippen molar-refractivity contribution >= 4 is 39.6 Å². The van der Waals surface area contributed by atoms with Crippen LogP contribution in [0.2, 0.25) is 0 Å². The number of ether oxygens (including phenoxy) is 1. The first kappa shape index (κ1) is 16.5. The molecule has 2 aromatic rings. The van der Waals surface area contributed by atoms with E-state index in [-0.39, 0.29) is 6.23 Å². The Labute approximate surface area is 156 Å². The quantitative estimate of drug-likeness (QED) is 0.665. The van der Waals surface area contributed by atoms with E-state index in [1.165, 1.54) is 19.3 Å². The predicted octanol–water partition coefficient (Wildman–Crippen LogP) is 3.75. The molecule has 7 heteroatoms. The SMILES string of the molecule is C[C@H]1CCN(c2cnc3c(I)nn(C4CCCCO4)c3n2)[C@H](C)C1. The lowest BCUT2D eigenvalue weighted by Gasteiger charge is -2.37. The van der Waals surface area contributed by atoms with Crippen LogP contribution in [0.15, 0.2) is 6.20 Å². The van der Waals surface area contributed by atoms with Gasteiger partial charge in [0.2, 0.25) is 0 Å². The maximum absolute atomic E-state index is 5.92. The minimum atomic E-state index is -0.00637. The molecule has 0 aromatic carbocycles. The van der Waals surface area contributed by atoms with Crippen LogP contribution >= 0.6 is 22.6 Å². The molecule has 4 rings (SSSR count). The summed E-state index contributed by atoms with van der Waals surface area (Å²) in [7, 11) is 0. The van der Waals surface area contributed by atoms with E-state index in [9.17, 15) is 0 Å². The molecule has 0 spiro atoms. The van der Waals surface area contributed by atoms with Gasteiger partial charge in [0.15, 0.2) is 15.6 Å². The van der Waals surface area contributed by atoms with E-state index < -0.39 is 0 Å². The molecule has 3 atom stereocenters. The zero-order valence-electron chi connectivity index (χ0n) is 14.3. The molecule has 2 fully saturated rings. The molecule has 2 saturated heterocycles. The highest BCUT2D eigenvalue weighted by molar-refractivity contribution is 14.1. The number of piperidine rings is 1. The molecular formula is C17H24IN5O. The Morgan fingerprint density at radius 3 is 2.88 bits per heavy atom. The molecule has 0 saturated carbocycles. The number of halogens is 1. The number of hydrogen-bond donors (Lipinski definition) is 0. The molecule has 24 heavy (non-hydrogen) atoms. The predicted molar refractivity (Wildman–Crippen MR) is 102 cm³/mol. The molecule has 130 valence electrons. The maximum Gasteiger partial charge on any atom is 0.182 e. The standard InChI is InChI=1S/C17H24IN5O/c1-11-6-7-22(12(2)9-11)13-10-19-15-16(18)21-23(17(15)20-13)14-5-3-4-8-24-14/h10-12,14H,3-9H2,1-2H3/t11-,12+,14?/m0/s1. The number of anilines is 1. The Morgan fingerprint density at radius 2 is 2.12 bits per heavy atom. The van der Waals surface area contributed by atoms with E-state index in [0.717, 1.165) is 52.6 Å². The van der Waals surface area contributed by atoms with Crippen molar-refractivity contribution in [1.82, 2.24) is 19.7 Å². The third-order valence-corrected chi connectivity index (χ3v) is 5.94. The zero-order valence-corrected chi connectivity index (χ0v) is 16.4. The van der Waals surface area contributed by atoms with Crippen LogP contribution in [-0.2, 0) is 4.74 Å². The average Bonchev–Trinajstić information content (AvgIpc) is 2.92. The van der Waals surface area contributed by atoms with Gasteiger partial charge in [0.05, 0.1) is 6.20 Å². The van der Waals surface area contributed by atoms with Crippen LogP contribution in [0.3, 0.4) is 0 Å². The monoisotopic (exact) mass is 441 g/mol. The van der Waals surface area contributed by atoms with Crippen LogP contribution in [0.5, 0.6) is 0 Å². The fraction of sp³-hybridized carbons (Fsp3) is 0.706. The minimum Gasteiger partial charge on any atom is -0.356 e. The number of hydrogen-bond acceptors (Lipinski definition) is 5. The van der Waals surface area contributed by atoms with Crippen LogP contribution in [-0.4, -0.2) is 38.9 Å². The van der Waals surface area contributed by atoms with Crippen molar-refractivity contribution in [3.05, 3.63) is 9.90 Å². The first-order chi connectivity index (χ1) is 11.6. The number of nitrogens with zero attached hydrogens (tertiary/aromatic N) is 5. The van der Waals surface area contributed by atoms with Gasteiger partial charge in [0, 0.05) is 19.2 Å². The van der Waals surface area contributed by atoms with E-state index >= 15 is 0 Å². The molecule has 0 amide bonds. The fourth-order valence-electron chi connectivity index (χ4n) is 3.87. The summed E-state index contributed by atoms with van der Waals surface area (Å²) < 4.78 is 8.77. The van der Waals surface area contributed by atoms with Crippen molar-refractivity contribution in [3.63, 3.8) is 0 Å². The summed E-state index contributed by atoms with van der Waals surface area (Å²) in [6, 6.07) is 0.502. The molecule has 2 aliphatic rings. The van der Waals surface area contributed by atoms with Crippen molar-refractivity contribution in [2.45, 2.75) is 58.2 Å². The molecule has 0 N–H and O–H groups in total. The van der Waals surface area contributed by atoms with Crippen molar-refractivity contribution < 1.29 is 4.74 Å². The topological polar surface area (TPSA) is 56.1 Å². The van der Waals surface area contributed by atoms with Crippen molar-refractivity contribution in [2.24, 2.45) is 5.92 Å². The zero-order chi connectivity index (χ0) is 16.7. The maximum atomic E-state index is 5.92. The van der Waals surface area contributed by atoms with E-state index in [4.69, 9.17) is 9.72 Å². The first-order valence-corrected chi connectivity index (χ1v) is 10.0. The molecule has 6 nitrogen and oxygen atoms in total. The molecular weight excluding hydrogens is 417 g/mol. The van der Waals surface area contributed by atoms with E-state index in [1.807, 2.05) is 10.9 Å². The van der Waals surface area contributed by atoms with Gasteiger partial charge in [-0.2, -0.15) is 5.10 Å². The van der Waals surface area contributed by atoms with Gasteiger partial charge in [-0.1, -0.05) is 6.92 Å². The van der Waals surface area contributed by atoms with Crippen molar-refractivity contribution in [2.75, 3.05) is 18.1 Å². The van der Waals surface area contributed by atoms with Crippen LogP contribution in [0.4, 0.5) is 5.82 Å². The van der Waals surface area contributed by atoms with Gasteiger partial charge >= 0.3 is 0 Å². The molecule has 0 radical (unpaired) electrons. The lowest BCUT2D eigenvalue weighted by Crippen LogP contribution is -2.40. The number of fused-ring (bicyclic) bond motifs is 1. The lowest BCUT2D eigenvalue weighted by molar-refractivity contribution is -0.0372. The molecule has 2 aliphatic heterocycles. The number of aromatic nitrogens is 4. The molecule has 1 unspecified atom stereocenters. The van der Waals surface area contributed by atoms with Gasteiger partial charge in [-0.3, -0.25) is 0 Å². The summed E-state index contributed by atoms with van der Waals surface area (Å²) in [6.45, 7) is 6.47. The molecule has 0 aliphatic carbocycles. The normalized spacial score (nSPS) is 28.5. The van der Waals surface area contributed by atoms with Gasteiger partial charge in [-0.15, -0.1) is 0 Å². The Morgan fingerprint density at radius 1 is 1.25 bits per heavy atom. The Bertz CT molecular complexity index is 727. The molecule has 2 aromatic heterocycles. The third kappa shape index (κ3) is 3.00. The van der Waals surface area contributed by atoms with Crippen LogP contribution < -0.4 is 4.90 Å². The van der Waals surface area contributed by atoms with Crippen molar-refractivity contribution in [3.8, 4) is 0 Å². The van der Waals surface area contributed by atoms with Crippen LogP contribution in [0.1, 0.15) is 52.2 Å². The second-order valence-corrected chi connectivity index (χ2v) is 8.15. The van der Waals surface area contributed by atoms with Gasteiger partial charge in [-0.25, -0.2) is 14.6 Å². The first-order valence-electron chi connectivity index (χ1n) is 8.92. The van der Waals surface area contributed by atoms with Gasteiger partial charge < -0.3 is 9.64 Å². The van der Waals surface area contributed by atoms with Crippen LogP contribution in [0.25, 0.3) is 11.2 Å². The largest absolute Gasteiger partial charge is 0.356 e. The summed E-state index contributed by atoms with van der Waals surface area (Å²) in [6.07, 6.45) is 7.63. The average molecular weight is 441 g/mol. The van der Waals surface area contributed by atoms with Gasteiger partial charge in [-0.05, 0) is 67.5 Å². The second-order valence-electron chi connectivity index (χ2n) is 7.13. The van der Waals surface area contributed by atoms with E-state index in [1.54, 1.807) is 0 Å². The van der Waals surface area contributed by atoms with Gasteiger partial charge in [0.1, 0.15) is 11.3 Å². The van der Waals surface area contributed by atoms with Gasteiger partial charge in [0.25, 0.3) is 0 Å². The van der Waals surface area contributed by atoms with E-state index in [2.05, 4.69) is 51.4 Å². The van der Waals surface area contributed by atoms with Crippen molar-refractivity contribution in [1.29, 1.82) is 0 Å². The molecule has 0 bridgehead atoms. The Balaban J connectivity index is 1.71. The fourth-order valence-corrected chi connectivity index (χ4v) is 4.48. The Hall–Kier alpha value is -0.960. The summed E-state index contributed by atoms with van der Waals surface area (Å²) >= 11 is 2.24. The summed E-state index contributed by atoms with van der Waals surface area (Å²) in [5.74, 6) is 1.75. The lowest BCUT2D eigenvalue weighted by atomic mass is 9.93. The summed E-state index contributed by atoms with van der Waals surface area (Å²) in [5, 5.41) is 4.67. The highest BCUT2D eigenvalue weighted by Crippen LogP contribution is 2.30. The summed E-state index contributed by atoms with van der Waals surface area (Å²) in [4.78, 5) is 12.0.